The van der Waals surface area contributed by atoms with Gasteiger partial charge in [0.05, 0.1) is 23.8 Å². The number of carbonyl (C=O) groups excluding carboxylic acids is 4. The predicted molar refractivity (Wildman–Crippen MR) is 114 cm³/mol. The molecule has 0 unspecified atom stereocenters. The number of thioether (sulfide) groups is 2. The van der Waals surface area contributed by atoms with E-state index < -0.39 is 5.92 Å². The van der Waals surface area contributed by atoms with Crippen LogP contribution in [-0.2, 0) is 19.2 Å². The summed E-state index contributed by atoms with van der Waals surface area (Å²) in [6.45, 7) is 8.64. The minimum atomic E-state index is -0.407. The molecule has 0 spiro atoms. The van der Waals surface area contributed by atoms with Crippen molar-refractivity contribution in [2.45, 2.75) is 27.7 Å². The molecule has 0 N–H and O–H groups in total. The van der Waals surface area contributed by atoms with Gasteiger partial charge in [0.1, 0.15) is 5.88 Å². The Morgan fingerprint density at radius 3 is 2.20 bits per heavy atom. The minimum Gasteiger partial charge on any atom is -0.588 e. The Hall–Kier alpha value is -2.08. The summed E-state index contributed by atoms with van der Waals surface area (Å²) in [4.78, 5) is 50.0. The van der Waals surface area contributed by atoms with Crippen molar-refractivity contribution in [3.8, 4) is 0 Å². The maximum atomic E-state index is 12.5. The summed E-state index contributed by atoms with van der Waals surface area (Å²) < 4.78 is 5.13. The second-order valence-corrected chi connectivity index (χ2v) is 9.49. The second kappa shape index (κ2) is 11.3. The SMILES string of the molecule is CC(=O)SC[C@@H](C)C(=O)[N-]c1c[n+](N2CCN(C(=O)[C@H](C)CSC(C)=O)CC2)no1. The zero-order valence-corrected chi connectivity index (χ0v) is 19.2. The largest absolute Gasteiger partial charge is 0.588 e. The lowest BCUT2D eigenvalue weighted by Crippen LogP contribution is -2.66. The molecule has 1 aliphatic rings. The van der Waals surface area contributed by atoms with Gasteiger partial charge in [-0.05, 0) is 0 Å². The molecule has 0 aliphatic carbocycles. The molecule has 1 aliphatic heterocycles. The zero-order valence-electron chi connectivity index (χ0n) is 17.6. The molecule has 12 heteroatoms. The van der Waals surface area contributed by atoms with Gasteiger partial charge in [0, 0.05) is 50.3 Å². The summed E-state index contributed by atoms with van der Waals surface area (Å²) in [5, 5.41) is 9.67. The normalized spacial score (nSPS) is 16.1. The van der Waals surface area contributed by atoms with E-state index in [1.54, 1.807) is 11.8 Å². The number of aromatic nitrogens is 2. The van der Waals surface area contributed by atoms with Crippen LogP contribution in [0.25, 0.3) is 5.32 Å². The first-order valence-corrected chi connectivity index (χ1v) is 11.6. The second-order valence-electron chi connectivity index (χ2n) is 7.10. The van der Waals surface area contributed by atoms with Gasteiger partial charge >= 0.3 is 0 Å². The standard InChI is InChI=1S/C18H27N5O5S2/c1-12(10-29-14(3)24)17(26)19-16-9-23(20-28-16)22-7-5-21(6-8-22)18(27)13(2)11-30-15(4)25/h9,12-13H,5-8,10-11H2,1-4H3/t12-,13-/m1/s1. The summed E-state index contributed by atoms with van der Waals surface area (Å²) in [5.74, 6) is -0.0279. The lowest BCUT2D eigenvalue weighted by Gasteiger charge is -2.31. The molecule has 30 heavy (non-hydrogen) atoms. The van der Waals surface area contributed by atoms with Crippen molar-refractivity contribution in [2.75, 3.05) is 42.7 Å². The molecular weight excluding hydrogens is 430 g/mol. The van der Waals surface area contributed by atoms with Crippen LogP contribution in [0, 0.1) is 11.8 Å². The van der Waals surface area contributed by atoms with Crippen LogP contribution in [0.4, 0.5) is 5.88 Å². The van der Waals surface area contributed by atoms with Crippen molar-refractivity contribution in [1.82, 2.24) is 10.2 Å². The third kappa shape index (κ3) is 7.31. The Kier molecular flexibility index (Phi) is 9.15. The van der Waals surface area contributed by atoms with Crippen LogP contribution < -0.4 is 9.80 Å². The maximum Gasteiger partial charge on any atom is 0.257 e. The van der Waals surface area contributed by atoms with Crippen molar-refractivity contribution < 1.29 is 28.5 Å². The molecule has 0 aromatic carbocycles. The first-order chi connectivity index (χ1) is 14.2. The number of piperazine rings is 1. The van der Waals surface area contributed by atoms with Crippen molar-refractivity contribution in [3.05, 3.63) is 11.5 Å². The van der Waals surface area contributed by atoms with E-state index in [0.29, 0.717) is 37.7 Å². The molecule has 0 radical (unpaired) electrons. The van der Waals surface area contributed by atoms with Gasteiger partial charge < -0.3 is 19.5 Å². The van der Waals surface area contributed by atoms with Crippen molar-refractivity contribution >= 4 is 51.5 Å². The molecule has 1 aromatic rings. The molecule has 0 saturated carbocycles. The van der Waals surface area contributed by atoms with Gasteiger partial charge in [0.25, 0.3) is 6.20 Å². The van der Waals surface area contributed by atoms with E-state index >= 15 is 0 Å². The van der Waals surface area contributed by atoms with Gasteiger partial charge in [0.15, 0.2) is 10.2 Å². The highest BCUT2D eigenvalue weighted by atomic mass is 32.2. The van der Waals surface area contributed by atoms with E-state index in [4.69, 9.17) is 4.52 Å². The lowest BCUT2D eigenvalue weighted by molar-refractivity contribution is -0.759. The number of nitrogens with zero attached hydrogens (tertiary/aromatic N) is 5. The number of hydrogen-bond acceptors (Lipinski definition) is 9. The van der Waals surface area contributed by atoms with Crippen LogP contribution in [0.3, 0.4) is 0 Å². The fourth-order valence-corrected chi connectivity index (χ4v) is 3.95. The first kappa shape index (κ1) is 24.2. The molecule has 0 bridgehead atoms. The Morgan fingerprint density at radius 1 is 1.07 bits per heavy atom. The van der Waals surface area contributed by atoms with Gasteiger partial charge in [-0.3, -0.25) is 14.4 Å². The monoisotopic (exact) mass is 457 g/mol. The minimum absolute atomic E-state index is 0.00796. The Balaban J connectivity index is 1.82. The van der Waals surface area contributed by atoms with Crippen LogP contribution in [0.1, 0.15) is 27.7 Å². The summed E-state index contributed by atoms with van der Waals surface area (Å²) >= 11 is 2.25. The van der Waals surface area contributed by atoms with Crippen molar-refractivity contribution in [3.63, 3.8) is 0 Å². The third-order valence-corrected chi connectivity index (χ3v) is 6.58. The van der Waals surface area contributed by atoms with Gasteiger partial charge in [-0.1, -0.05) is 37.4 Å². The van der Waals surface area contributed by atoms with Crippen LogP contribution in [-0.4, -0.2) is 69.9 Å². The van der Waals surface area contributed by atoms with Crippen LogP contribution in [0.15, 0.2) is 10.7 Å². The average molecular weight is 458 g/mol. The van der Waals surface area contributed by atoms with E-state index in [1.165, 1.54) is 24.8 Å². The Labute approximate surface area is 184 Å². The zero-order chi connectivity index (χ0) is 22.3. The number of amides is 2. The third-order valence-electron chi connectivity index (χ3n) is 4.44. The number of hydrogen-bond donors (Lipinski definition) is 0. The van der Waals surface area contributed by atoms with E-state index in [1.807, 2.05) is 11.9 Å². The van der Waals surface area contributed by atoms with E-state index in [9.17, 15) is 19.2 Å². The Bertz CT molecular complexity index is 779. The summed E-state index contributed by atoms with van der Waals surface area (Å²) in [5.41, 5.74) is 0. The lowest BCUT2D eigenvalue weighted by atomic mass is 10.1. The molecule has 1 aromatic heterocycles. The highest BCUT2D eigenvalue weighted by molar-refractivity contribution is 8.13. The van der Waals surface area contributed by atoms with Crippen molar-refractivity contribution in [1.29, 1.82) is 0 Å². The molecule has 2 rings (SSSR count). The van der Waals surface area contributed by atoms with E-state index in [2.05, 4.69) is 10.6 Å². The molecule has 2 atom stereocenters. The predicted octanol–water partition coefficient (Wildman–Crippen LogP) is 1.11. The smallest absolute Gasteiger partial charge is 0.257 e. The quantitative estimate of drug-likeness (QED) is 0.529. The van der Waals surface area contributed by atoms with Gasteiger partial charge in [-0.25, -0.2) is 0 Å². The average Bonchev–Trinajstić information content (AvgIpc) is 3.18. The fraction of sp³-hybridized carbons (Fsp3) is 0.667. The van der Waals surface area contributed by atoms with Crippen LogP contribution >= 0.6 is 23.5 Å². The first-order valence-electron chi connectivity index (χ1n) is 9.62. The number of carbonyl (C=O) groups is 4. The molecule has 1 saturated heterocycles. The molecular formula is C18H27N5O5S2. The molecule has 2 heterocycles. The van der Waals surface area contributed by atoms with E-state index in [-0.39, 0.29) is 33.8 Å². The summed E-state index contributed by atoms with van der Waals surface area (Å²) in [7, 11) is 0. The number of rotatable bonds is 8. The summed E-state index contributed by atoms with van der Waals surface area (Å²) in [6.07, 6.45) is 1.52. The van der Waals surface area contributed by atoms with Crippen LogP contribution in [0.2, 0.25) is 0 Å². The van der Waals surface area contributed by atoms with Crippen molar-refractivity contribution in [2.24, 2.45) is 11.8 Å². The molecule has 1 fully saturated rings. The molecule has 2 amide bonds. The maximum absolute atomic E-state index is 12.5. The fourth-order valence-electron chi connectivity index (χ4n) is 2.69. The summed E-state index contributed by atoms with van der Waals surface area (Å²) in [6, 6.07) is 0. The van der Waals surface area contributed by atoms with Gasteiger partial charge in [-0.2, -0.15) is 0 Å². The molecule has 166 valence electrons. The van der Waals surface area contributed by atoms with E-state index in [0.717, 1.165) is 23.5 Å². The highest BCUT2D eigenvalue weighted by Gasteiger charge is 2.29. The van der Waals surface area contributed by atoms with Gasteiger partial charge in [0.2, 0.25) is 11.2 Å². The van der Waals surface area contributed by atoms with Gasteiger partial charge in [-0.15, -0.1) is 5.01 Å². The molecule has 10 nitrogen and oxygen atoms in total. The highest BCUT2D eigenvalue weighted by Crippen LogP contribution is 2.20. The van der Waals surface area contributed by atoms with Crippen LogP contribution in [0.5, 0.6) is 0 Å². The topological polar surface area (TPSA) is 119 Å². The Morgan fingerprint density at radius 2 is 1.63 bits per heavy atom.